The average Bonchev–Trinajstić information content (AvgIpc) is 3.31. The molecule has 0 aromatic rings. The summed E-state index contributed by atoms with van der Waals surface area (Å²) in [4.78, 5) is 47.2. The maximum absolute atomic E-state index is 12.3. The van der Waals surface area contributed by atoms with Gasteiger partial charge in [0, 0.05) is 59.4 Å². The van der Waals surface area contributed by atoms with E-state index in [1.807, 2.05) is 4.90 Å². The Labute approximate surface area is 159 Å². The molecule has 10 heteroatoms. The number of piperazine rings is 1. The van der Waals surface area contributed by atoms with Gasteiger partial charge in [0.1, 0.15) is 0 Å². The largest absolute Gasteiger partial charge is 0.354 e. The van der Waals surface area contributed by atoms with Gasteiger partial charge in [-0.3, -0.25) is 24.4 Å². The number of nitrogens with one attached hydrogen (secondary N) is 2. The van der Waals surface area contributed by atoms with E-state index < -0.39 is 0 Å². The molecule has 0 spiro atoms. The van der Waals surface area contributed by atoms with Crippen LogP contribution in [0.4, 0.5) is 4.79 Å². The Morgan fingerprint density at radius 3 is 2.37 bits per heavy atom. The van der Waals surface area contributed by atoms with Gasteiger partial charge in [-0.05, 0) is 12.8 Å². The number of likely N-dealkylation sites (tertiary alicyclic amines) is 1. The summed E-state index contributed by atoms with van der Waals surface area (Å²) in [5.74, 6) is 0.789. The van der Waals surface area contributed by atoms with Crippen molar-refractivity contribution in [1.29, 1.82) is 0 Å². The topological polar surface area (TPSA) is 101 Å². The molecule has 0 bridgehead atoms. The third kappa shape index (κ3) is 4.88. The molecule has 150 valence electrons. The summed E-state index contributed by atoms with van der Waals surface area (Å²) in [6.45, 7) is 6.33. The highest BCUT2D eigenvalue weighted by Crippen LogP contribution is 2.09. The molecule has 3 fully saturated rings. The number of amides is 4. The number of hydrogen-bond acceptors (Lipinski definition) is 5. The number of aliphatic imine (C=N–C) groups is 1. The minimum atomic E-state index is -0.340. The molecule has 27 heavy (non-hydrogen) atoms. The molecule has 2 N–H and O–H groups in total. The lowest BCUT2D eigenvalue weighted by atomic mass is 10.3. The van der Waals surface area contributed by atoms with Crippen LogP contribution < -0.4 is 10.6 Å². The Balaban J connectivity index is 1.38. The first-order chi connectivity index (χ1) is 13.1. The number of imide groups is 1. The highest BCUT2D eigenvalue weighted by atomic mass is 16.2. The molecule has 4 amide bonds. The van der Waals surface area contributed by atoms with Crippen molar-refractivity contribution >= 4 is 23.8 Å². The predicted molar refractivity (Wildman–Crippen MR) is 100 cm³/mol. The summed E-state index contributed by atoms with van der Waals surface area (Å²) in [6, 6.07) is -0.340. The van der Waals surface area contributed by atoms with Crippen LogP contribution in [0.5, 0.6) is 0 Å². The Morgan fingerprint density at radius 1 is 1.07 bits per heavy atom. The molecule has 0 unspecified atom stereocenters. The van der Waals surface area contributed by atoms with Gasteiger partial charge >= 0.3 is 6.03 Å². The lowest BCUT2D eigenvalue weighted by Gasteiger charge is -2.36. The van der Waals surface area contributed by atoms with Gasteiger partial charge in [-0.1, -0.05) is 0 Å². The maximum atomic E-state index is 12.3. The van der Waals surface area contributed by atoms with Gasteiger partial charge < -0.3 is 20.4 Å². The van der Waals surface area contributed by atoms with Gasteiger partial charge in [-0.25, -0.2) is 4.79 Å². The maximum Gasteiger partial charge on any atom is 0.324 e. The molecule has 10 nitrogen and oxygen atoms in total. The van der Waals surface area contributed by atoms with E-state index in [0.29, 0.717) is 19.6 Å². The van der Waals surface area contributed by atoms with Crippen LogP contribution in [0, 0.1) is 0 Å². The molecule has 0 radical (unpaired) electrons. The van der Waals surface area contributed by atoms with Crippen LogP contribution >= 0.6 is 0 Å². The highest BCUT2D eigenvalue weighted by molar-refractivity contribution is 6.01. The number of hydrogen-bond donors (Lipinski definition) is 2. The van der Waals surface area contributed by atoms with Crippen LogP contribution in [0.25, 0.3) is 0 Å². The molecular formula is C17H29N7O3. The monoisotopic (exact) mass is 379 g/mol. The Hall–Kier alpha value is -2.36. The molecule has 3 aliphatic heterocycles. The van der Waals surface area contributed by atoms with E-state index in [0.717, 1.165) is 58.1 Å². The second-order valence-corrected chi connectivity index (χ2v) is 7.03. The molecule has 0 aromatic carbocycles. The van der Waals surface area contributed by atoms with Gasteiger partial charge in [0.15, 0.2) is 5.96 Å². The van der Waals surface area contributed by atoms with E-state index in [-0.39, 0.29) is 24.4 Å². The van der Waals surface area contributed by atoms with Crippen LogP contribution in [0.1, 0.15) is 12.8 Å². The third-order valence-corrected chi connectivity index (χ3v) is 5.26. The van der Waals surface area contributed by atoms with Crippen molar-refractivity contribution in [1.82, 2.24) is 30.2 Å². The predicted octanol–water partition coefficient (Wildman–Crippen LogP) is -1.65. The fourth-order valence-electron chi connectivity index (χ4n) is 3.67. The molecule has 3 aliphatic rings. The van der Waals surface area contributed by atoms with Crippen LogP contribution in [0.2, 0.25) is 0 Å². The van der Waals surface area contributed by atoms with Crippen molar-refractivity contribution in [2.75, 3.05) is 72.5 Å². The molecule has 0 saturated carbocycles. The van der Waals surface area contributed by atoms with Crippen LogP contribution in [0.3, 0.4) is 0 Å². The first kappa shape index (κ1) is 19.4. The molecule has 3 saturated heterocycles. The van der Waals surface area contributed by atoms with Gasteiger partial charge in [0.2, 0.25) is 11.8 Å². The normalized spacial score (nSPS) is 21.8. The Bertz CT molecular complexity index is 579. The SMILES string of the molecule is CN=C(NCCN1C(=O)CNC1=O)N1CCN(CC(=O)N2CCCC2)CC1. The zero-order valence-corrected chi connectivity index (χ0v) is 15.9. The summed E-state index contributed by atoms with van der Waals surface area (Å²) in [5, 5.41) is 5.72. The third-order valence-electron chi connectivity index (χ3n) is 5.26. The lowest BCUT2D eigenvalue weighted by molar-refractivity contribution is -0.131. The number of nitrogens with zero attached hydrogens (tertiary/aromatic N) is 5. The van der Waals surface area contributed by atoms with Gasteiger partial charge in [-0.15, -0.1) is 0 Å². The number of guanidine groups is 1. The number of carbonyl (C=O) groups is 3. The average molecular weight is 379 g/mol. The molecule has 3 rings (SSSR count). The van der Waals surface area contributed by atoms with Crippen molar-refractivity contribution < 1.29 is 14.4 Å². The van der Waals surface area contributed by atoms with Crippen LogP contribution in [0.15, 0.2) is 4.99 Å². The Kier molecular flexibility index (Phi) is 6.49. The van der Waals surface area contributed by atoms with E-state index in [1.54, 1.807) is 7.05 Å². The standard InChI is InChI=1S/C17H29N7O3/c1-18-16(19-4-7-24-14(25)12-20-17(24)27)23-10-8-21(9-11-23)13-15(26)22-5-2-3-6-22/h2-13H2,1H3,(H,18,19)(H,20,27). The zero-order valence-electron chi connectivity index (χ0n) is 15.9. The number of rotatable bonds is 5. The molecule has 3 heterocycles. The molecular weight excluding hydrogens is 350 g/mol. The van der Waals surface area contributed by atoms with Gasteiger partial charge in [0.25, 0.3) is 0 Å². The van der Waals surface area contributed by atoms with Crippen molar-refractivity contribution in [3.8, 4) is 0 Å². The van der Waals surface area contributed by atoms with Crippen molar-refractivity contribution in [2.24, 2.45) is 4.99 Å². The van der Waals surface area contributed by atoms with E-state index in [1.165, 1.54) is 4.90 Å². The summed E-state index contributed by atoms with van der Waals surface area (Å²) < 4.78 is 0. The quantitative estimate of drug-likeness (QED) is 0.337. The second-order valence-electron chi connectivity index (χ2n) is 7.03. The summed E-state index contributed by atoms with van der Waals surface area (Å²) in [5.41, 5.74) is 0. The summed E-state index contributed by atoms with van der Waals surface area (Å²) >= 11 is 0. The van der Waals surface area contributed by atoms with Gasteiger partial charge in [-0.2, -0.15) is 0 Å². The van der Waals surface area contributed by atoms with Crippen LogP contribution in [-0.2, 0) is 9.59 Å². The second kappa shape index (κ2) is 9.03. The smallest absolute Gasteiger partial charge is 0.324 e. The fraction of sp³-hybridized carbons (Fsp3) is 0.765. The first-order valence-corrected chi connectivity index (χ1v) is 9.62. The van der Waals surface area contributed by atoms with Crippen molar-refractivity contribution in [3.63, 3.8) is 0 Å². The minimum absolute atomic E-state index is 0.0751. The summed E-state index contributed by atoms with van der Waals surface area (Å²) in [6.07, 6.45) is 2.23. The van der Waals surface area contributed by atoms with Gasteiger partial charge in [0.05, 0.1) is 13.1 Å². The number of urea groups is 1. The van der Waals surface area contributed by atoms with Crippen molar-refractivity contribution in [2.45, 2.75) is 12.8 Å². The van der Waals surface area contributed by atoms with E-state index in [2.05, 4.69) is 25.4 Å². The molecule has 0 aliphatic carbocycles. The summed E-state index contributed by atoms with van der Waals surface area (Å²) in [7, 11) is 1.72. The highest BCUT2D eigenvalue weighted by Gasteiger charge is 2.28. The van der Waals surface area contributed by atoms with E-state index >= 15 is 0 Å². The Morgan fingerprint density at radius 2 is 1.78 bits per heavy atom. The number of carbonyl (C=O) groups excluding carboxylic acids is 3. The van der Waals surface area contributed by atoms with E-state index in [9.17, 15) is 14.4 Å². The van der Waals surface area contributed by atoms with Crippen LogP contribution in [-0.4, -0.2) is 116 Å². The minimum Gasteiger partial charge on any atom is -0.354 e. The zero-order chi connectivity index (χ0) is 19.2. The van der Waals surface area contributed by atoms with Crippen molar-refractivity contribution in [3.05, 3.63) is 0 Å². The first-order valence-electron chi connectivity index (χ1n) is 9.62. The molecule has 0 atom stereocenters. The fourth-order valence-corrected chi connectivity index (χ4v) is 3.67. The lowest BCUT2D eigenvalue weighted by Crippen LogP contribution is -2.54. The molecule has 0 aromatic heterocycles. The van der Waals surface area contributed by atoms with E-state index in [4.69, 9.17) is 0 Å².